The van der Waals surface area contributed by atoms with Crippen molar-refractivity contribution >= 4 is 57.6 Å². The molecule has 0 aliphatic rings. The molecule has 2 aromatic carbocycles. The molecule has 198 valence electrons. The number of carbonyl (C=O) groups is 2. The standard InChI is InChI=1S/C28H25Cl2FN2O4S/c1-3-4-5-11-37-12-7-9-18-8-6-10-20(25(18)31)24-16-38-28(32-24)33-26(34)19-14-22(29)21(23(30)15-19)13-17(2)27(35)36/h6,8,10,13-16H,3-5,11-12H2,1-2H3,(H,35,36)(H,32,33,34)/b17-13+. The van der Waals surface area contributed by atoms with Crippen LogP contribution < -0.4 is 5.32 Å². The van der Waals surface area contributed by atoms with Gasteiger partial charge in [0.2, 0.25) is 0 Å². The maximum absolute atomic E-state index is 15.1. The van der Waals surface area contributed by atoms with Crippen molar-refractivity contribution in [2.24, 2.45) is 0 Å². The number of rotatable bonds is 10. The molecule has 1 amide bonds. The Balaban J connectivity index is 1.72. The summed E-state index contributed by atoms with van der Waals surface area (Å²) in [6.45, 7) is 4.38. The van der Waals surface area contributed by atoms with Crippen LogP contribution in [0.5, 0.6) is 0 Å². The summed E-state index contributed by atoms with van der Waals surface area (Å²) in [5.41, 5.74) is 1.33. The van der Waals surface area contributed by atoms with Gasteiger partial charge in [0, 0.05) is 34.3 Å². The SMILES string of the molecule is CCCCCOCC#Cc1cccc(-c2csc(NC(=O)c3cc(Cl)c(/C=C(\C)C(=O)O)c(Cl)c3)n2)c1F. The van der Waals surface area contributed by atoms with Crippen LogP contribution in [-0.4, -0.2) is 35.2 Å². The number of halogens is 3. The normalized spacial score (nSPS) is 11.1. The van der Waals surface area contributed by atoms with Crippen LogP contribution in [0.2, 0.25) is 10.0 Å². The third kappa shape index (κ3) is 7.89. The number of ether oxygens (including phenoxy) is 1. The second kappa shape index (κ2) is 14.1. The highest BCUT2D eigenvalue weighted by molar-refractivity contribution is 7.14. The lowest BCUT2D eigenvalue weighted by atomic mass is 10.1. The maximum Gasteiger partial charge on any atom is 0.331 e. The molecule has 0 bridgehead atoms. The van der Waals surface area contributed by atoms with Gasteiger partial charge in [-0.25, -0.2) is 14.2 Å². The van der Waals surface area contributed by atoms with Gasteiger partial charge in [-0.3, -0.25) is 10.1 Å². The third-order valence-electron chi connectivity index (χ3n) is 5.33. The van der Waals surface area contributed by atoms with Gasteiger partial charge < -0.3 is 9.84 Å². The first kappa shape index (κ1) is 29.3. The molecule has 0 unspecified atom stereocenters. The molecule has 3 rings (SSSR count). The lowest BCUT2D eigenvalue weighted by Gasteiger charge is -2.08. The number of unbranched alkanes of at least 4 members (excludes halogenated alkanes) is 2. The average molecular weight is 575 g/mol. The number of nitrogens with zero attached hydrogens (tertiary/aromatic N) is 1. The van der Waals surface area contributed by atoms with E-state index in [1.807, 2.05) is 0 Å². The Hall–Kier alpha value is -3.22. The summed E-state index contributed by atoms with van der Waals surface area (Å²) >= 11 is 13.6. The van der Waals surface area contributed by atoms with Crippen molar-refractivity contribution in [1.82, 2.24) is 4.98 Å². The van der Waals surface area contributed by atoms with Crippen molar-refractivity contribution in [3.8, 4) is 23.1 Å². The van der Waals surface area contributed by atoms with Gasteiger partial charge in [0.15, 0.2) is 5.13 Å². The van der Waals surface area contributed by atoms with E-state index in [-0.39, 0.29) is 44.0 Å². The molecule has 3 aromatic rings. The Morgan fingerprint density at radius 1 is 1.24 bits per heavy atom. The van der Waals surface area contributed by atoms with Crippen LogP contribution in [0.3, 0.4) is 0 Å². The molecule has 6 nitrogen and oxygen atoms in total. The van der Waals surface area contributed by atoms with Crippen LogP contribution in [0, 0.1) is 17.7 Å². The minimum absolute atomic E-state index is 0.0411. The number of carbonyl (C=O) groups excluding carboxylic acids is 1. The summed E-state index contributed by atoms with van der Waals surface area (Å²) in [5, 5.41) is 13.8. The zero-order valence-corrected chi connectivity index (χ0v) is 23.1. The Bertz CT molecular complexity index is 1400. The predicted molar refractivity (Wildman–Crippen MR) is 150 cm³/mol. The molecule has 0 atom stereocenters. The van der Waals surface area contributed by atoms with Gasteiger partial charge >= 0.3 is 5.97 Å². The molecule has 38 heavy (non-hydrogen) atoms. The van der Waals surface area contributed by atoms with E-state index in [4.69, 9.17) is 33.0 Å². The molecular weight excluding hydrogens is 550 g/mol. The van der Waals surface area contributed by atoms with Crippen molar-refractivity contribution in [3.05, 3.63) is 73.8 Å². The molecule has 0 saturated heterocycles. The second-order valence-electron chi connectivity index (χ2n) is 8.21. The lowest BCUT2D eigenvalue weighted by Crippen LogP contribution is -2.12. The molecule has 1 aromatic heterocycles. The number of aliphatic carboxylic acids is 1. The van der Waals surface area contributed by atoms with Crippen molar-refractivity contribution in [2.45, 2.75) is 33.1 Å². The first-order valence-corrected chi connectivity index (χ1v) is 13.4. The van der Waals surface area contributed by atoms with Crippen molar-refractivity contribution in [3.63, 3.8) is 0 Å². The number of amides is 1. The number of aromatic nitrogens is 1. The molecule has 2 N–H and O–H groups in total. The Labute approximate surface area is 234 Å². The zero-order valence-electron chi connectivity index (χ0n) is 20.7. The van der Waals surface area contributed by atoms with Crippen LogP contribution in [-0.2, 0) is 9.53 Å². The molecule has 10 heteroatoms. The summed E-state index contributed by atoms with van der Waals surface area (Å²) in [5.74, 6) is 3.49. The fraction of sp³-hybridized carbons (Fsp3) is 0.250. The maximum atomic E-state index is 15.1. The number of nitrogens with one attached hydrogen (secondary N) is 1. The molecular formula is C28H25Cl2FN2O4S. The number of carboxylic acid groups (broad SMARTS) is 1. The second-order valence-corrected chi connectivity index (χ2v) is 9.88. The Morgan fingerprint density at radius 2 is 1.97 bits per heavy atom. The summed E-state index contributed by atoms with van der Waals surface area (Å²) in [4.78, 5) is 28.2. The number of benzene rings is 2. The van der Waals surface area contributed by atoms with Crippen LogP contribution in [0.1, 0.15) is 54.6 Å². The van der Waals surface area contributed by atoms with Gasteiger partial charge in [-0.2, -0.15) is 0 Å². The zero-order chi connectivity index (χ0) is 27.7. The van der Waals surface area contributed by atoms with E-state index in [1.165, 1.54) is 25.1 Å². The van der Waals surface area contributed by atoms with Crippen LogP contribution in [0.25, 0.3) is 17.3 Å². The number of hydrogen-bond acceptors (Lipinski definition) is 5. The lowest BCUT2D eigenvalue weighted by molar-refractivity contribution is -0.132. The highest BCUT2D eigenvalue weighted by atomic mass is 35.5. The van der Waals surface area contributed by atoms with E-state index >= 15 is 4.39 Å². The van der Waals surface area contributed by atoms with E-state index in [1.54, 1.807) is 23.6 Å². The van der Waals surface area contributed by atoms with Gasteiger partial charge in [-0.15, -0.1) is 11.3 Å². The van der Waals surface area contributed by atoms with Gasteiger partial charge in [-0.1, -0.05) is 60.9 Å². The molecule has 1 heterocycles. The van der Waals surface area contributed by atoms with Crippen LogP contribution in [0.4, 0.5) is 9.52 Å². The van der Waals surface area contributed by atoms with Crippen molar-refractivity contribution in [1.29, 1.82) is 0 Å². The third-order valence-corrected chi connectivity index (χ3v) is 6.71. The van der Waals surface area contributed by atoms with E-state index < -0.39 is 17.7 Å². The van der Waals surface area contributed by atoms with Crippen molar-refractivity contribution in [2.75, 3.05) is 18.5 Å². The number of anilines is 1. The quantitative estimate of drug-likeness (QED) is 0.148. The van der Waals surface area contributed by atoms with Crippen LogP contribution in [0.15, 0.2) is 41.3 Å². The average Bonchev–Trinajstić information content (AvgIpc) is 3.34. The summed E-state index contributed by atoms with van der Waals surface area (Å²) in [7, 11) is 0. The van der Waals surface area contributed by atoms with Gasteiger partial charge in [0.1, 0.15) is 12.4 Å². The van der Waals surface area contributed by atoms with Gasteiger partial charge in [0.25, 0.3) is 5.91 Å². The Kier molecular flexibility index (Phi) is 10.9. The van der Waals surface area contributed by atoms with Gasteiger partial charge in [0.05, 0.1) is 21.3 Å². The highest BCUT2D eigenvalue weighted by Gasteiger charge is 2.16. The number of thiazole rings is 1. The fourth-order valence-electron chi connectivity index (χ4n) is 3.29. The highest BCUT2D eigenvalue weighted by Crippen LogP contribution is 2.31. The van der Waals surface area contributed by atoms with E-state index in [0.717, 1.165) is 30.6 Å². The van der Waals surface area contributed by atoms with E-state index in [2.05, 4.69) is 29.1 Å². The number of hydrogen-bond donors (Lipinski definition) is 2. The minimum Gasteiger partial charge on any atom is -0.478 e. The molecule has 0 saturated carbocycles. The van der Waals surface area contributed by atoms with E-state index in [0.29, 0.717) is 17.9 Å². The molecule has 0 fully saturated rings. The smallest absolute Gasteiger partial charge is 0.331 e. The first-order chi connectivity index (χ1) is 18.2. The topological polar surface area (TPSA) is 88.5 Å². The Morgan fingerprint density at radius 3 is 2.66 bits per heavy atom. The molecule has 0 radical (unpaired) electrons. The molecule has 0 aliphatic heterocycles. The molecule has 0 spiro atoms. The largest absolute Gasteiger partial charge is 0.478 e. The summed E-state index contributed by atoms with van der Waals surface area (Å²) in [6.07, 6.45) is 4.51. The summed E-state index contributed by atoms with van der Waals surface area (Å²) < 4.78 is 20.5. The van der Waals surface area contributed by atoms with Gasteiger partial charge in [-0.05, 0) is 43.7 Å². The fourth-order valence-corrected chi connectivity index (χ4v) is 4.59. The van der Waals surface area contributed by atoms with Crippen LogP contribution >= 0.6 is 34.5 Å². The number of carboxylic acids is 1. The first-order valence-electron chi connectivity index (χ1n) is 11.7. The predicted octanol–water partition coefficient (Wildman–Crippen LogP) is 7.55. The van der Waals surface area contributed by atoms with Crippen molar-refractivity contribution < 1.29 is 23.8 Å². The summed E-state index contributed by atoms with van der Waals surface area (Å²) in [6, 6.07) is 7.63. The monoisotopic (exact) mass is 574 g/mol. The molecule has 0 aliphatic carbocycles. The van der Waals surface area contributed by atoms with E-state index in [9.17, 15) is 9.59 Å². The minimum atomic E-state index is -1.11.